The fourth-order valence-electron chi connectivity index (χ4n) is 3.57. The summed E-state index contributed by atoms with van der Waals surface area (Å²) in [5.41, 5.74) is 3.14. The number of carboxylic acid groups (broad SMARTS) is 1. The third-order valence-electron chi connectivity index (χ3n) is 5.33. The van der Waals surface area contributed by atoms with Gasteiger partial charge in [0.05, 0.1) is 30.0 Å². The number of carbonyl (C=O) groups is 1. The minimum absolute atomic E-state index is 0.283. The maximum atomic E-state index is 10.6. The second kappa shape index (κ2) is 9.06. The minimum Gasteiger partial charge on any atom is -0.475 e. The highest BCUT2D eigenvalue weighted by atomic mass is 32.1. The number of halogens is 3. The van der Waals surface area contributed by atoms with Gasteiger partial charge in [-0.05, 0) is 38.5 Å². The van der Waals surface area contributed by atoms with Crippen molar-refractivity contribution >= 4 is 17.3 Å². The number of aromatic nitrogens is 1. The molecule has 6 nitrogen and oxygen atoms in total. The molecule has 0 spiro atoms. The summed E-state index contributed by atoms with van der Waals surface area (Å²) in [5.74, 6) is -1.92. The molecule has 1 N–H and O–H groups in total. The molecule has 158 valence electrons. The highest BCUT2D eigenvalue weighted by Crippen LogP contribution is 2.36. The van der Waals surface area contributed by atoms with Gasteiger partial charge in [0.2, 0.25) is 0 Å². The number of hydrogen-bond acceptors (Lipinski definition) is 6. The summed E-state index contributed by atoms with van der Waals surface area (Å²) in [6.07, 6.45) is 0.598. The average Bonchev–Trinajstić information content (AvgIpc) is 3.24. The van der Waals surface area contributed by atoms with Gasteiger partial charge >= 0.3 is 12.1 Å². The second-order valence-corrected chi connectivity index (χ2v) is 8.37. The summed E-state index contributed by atoms with van der Waals surface area (Å²) in [6, 6.07) is 0.532. The molecule has 1 aromatic heterocycles. The molecular formula is C18H25F3N2O4S. The zero-order valence-corrected chi connectivity index (χ0v) is 16.5. The summed E-state index contributed by atoms with van der Waals surface area (Å²) < 4.78 is 43.9. The van der Waals surface area contributed by atoms with Gasteiger partial charge in [-0.3, -0.25) is 4.90 Å². The van der Waals surface area contributed by atoms with Crippen LogP contribution in [0.25, 0.3) is 0 Å². The Morgan fingerprint density at radius 1 is 1.39 bits per heavy atom. The fraction of sp³-hybridized carbons (Fsp3) is 0.778. The number of alkyl halides is 3. The predicted octanol–water partition coefficient (Wildman–Crippen LogP) is 3.24. The molecule has 2 aliphatic carbocycles. The Balaban J connectivity index is 0.000000279. The van der Waals surface area contributed by atoms with Crippen LogP contribution >= 0.6 is 11.3 Å². The Kier molecular flexibility index (Phi) is 6.95. The highest BCUT2D eigenvalue weighted by Gasteiger charge is 2.44. The monoisotopic (exact) mass is 422 g/mol. The SMILES string of the molecule is Cc1ncsc1CN1CCO[C@H]2[C@@H](OCC3CC3)CC[C@@H]21.O=C(O)C(F)(F)F. The zero-order valence-electron chi connectivity index (χ0n) is 15.7. The van der Waals surface area contributed by atoms with Gasteiger partial charge in [0, 0.05) is 30.6 Å². The molecule has 2 heterocycles. The quantitative estimate of drug-likeness (QED) is 0.786. The molecular weight excluding hydrogens is 397 g/mol. The van der Waals surface area contributed by atoms with Crippen molar-refractivity contribution in [3.8, 4) is 0 Å². The van der Waals surface area contributed by atoms with Gasteiger partial charge in [-0.25, -0.2) is 9.78 Å². The van der Waals surface area contributed by atoms with E-state index in [-0.39, 0.29) is 6.10 Å². The van der Waals surface area contributed by atoms with Crippen LogP contribution in [0, 0.1) is 12.8 Å². The molecule has 0 amide bonds. The number of aryl methyl sites for hydroxylation is 1. The van der Waals surface area contributed by atoms with E-state index in [9.17, 15) is 13.2 Å². The molecule has 1 aromatic rings. The van der Waals surface area contributed by atoms with Crippen LogP contribution in [0.1, 0.15) is 36.3 Å². The summed E-state index contributed by atoms with van der Waals surface area (Å²) >= 11 is 1.78. The average molecular weight is 422 g/mol. The number of hydrogen-bond donors (Lipinski definition) is 1. The van der Waals surface area contributed by atoms with Gasteiger partial charge in [0.1, 0.15) is 0 Å². The number of ether oxygens (including phenoxy) is 2. The molecule has 28 heavy (non-hydrogen) atoms. The Bertz CT molecular complexity index is 666. The van der Waals surface area contributed by atoms with Gasteiger partial charge in [-0.15, -0.1) is 11.3 Å². The van der Waals surface area contributed by atoms with Crippen LogP contribution in [0.5, 0.6) is 0 Å². The number of thiazole rings is 1. The fourth-order valence-corrected chi connectivity index (χ4v) is 4.37. The first-order chi connectivity index (χ1) is 13.3. The van der Waals surface area contributed by atoms with E-state index in [0.717, 1.165) is 38.6 Å². The maximum Gasteiger partial charge on any atom is 0.490 e. The number of fused-ring (bicyclic) bond motifs is 1. The minimum atomic E-state index is -5.08. The number of carboxylic acids is 1. The van der Waals surface area contributed by atoms with Crippen molar-refractivity contribution in [2.45, 2.75) is 63.6 Å². The largest absolute Gasteiger partial charge is 0.490 e. The van der Waals surface area contributed by atoms with Crippen molar-refractivity contribution < 1.29 is 32.5 Å². The lowest BCUT2D eigenvalue weighted by molar-refractivity contribution is -0.192. The summed E-state index contributed by atoms with van der Waals surface area (Å²) in [4.78, 5) is 17.3. The van der Waals surface area contributed by atoms with Crippen LogP contribution in [-0.4, -0.2) is 65.1 Å². The van der Waals surface area contributed by atoms with E-state index in [2.05, 4.69) is 16.8 Å². The standard InChI is InChI=1S/C16H24N2O2S.C2HF3O2/c1-11-15(21-10-17-11)8-18-6-7-19-16-13(18)4-5-14(16)20-9-12-2-3-12;3-2(4,5)1(6)7/h10,12-14,16H,2-9H2,1H3;(H,6,7)/t13-,14-,16+;/m0./s1. The number of morpholine rings is 1. The predicted molar refractivity (Wildman–Crippen MR) is 96.2 cm³/mol. The van der Waals surface area contributed by atoms with Crippen molar-refractivity contribution in [1.29, 1.82) is 0 Å². The van der Waals surface area contributed by atoms with Crippen LogP contribution in [0.4, 0.5) is 13.2 Å². The van der Waals surface area contributed by atoms with E-state index >= 15 is 0 Å². The van der Waals surface area contributed by atoms with Gasteiger partial charge in [-0.1, -0.05) is 0 Å². The molecule has 2 saturated carbocycles. The number of nitrogens with zero attached hydrogens (tertiary/aromatic N) is 2. The van der Waals surface area contributed by atoms with E-state index in [1.165, 1.54) is 29.8 Å². The Labute approximate surface area is 165 Å². The molecule has 4 rings (SSSR count). The molecule has 10 heteroatoms. The molecule has 0 aromatic carbocycles. The third kappa shape index (κ3) is 5.65. The van der Waals surface area contributed by atoms with Gasteiger partial charge in [0.25, 0.3) is 0 Å². The van der Waals surface area contributed by atoms with E-state index in [0.29, 0.717) is 12.1 Å². The van der Waals surface area contributed by atoms with E-state index < -0.39 is 12.1 Å². The van der Waals surface area contributed by atoms with Gasteiger partial charge in [0.15, 0.2) is 0 Å². The summed E-state index contributed by atoms with van der Waals surface area (Å²) in [5, 5.41) is 7.12. The summed E-state index contributed by atoms with van der Waals surface area (Å²) in [6.45, 7) is 5.96. The van der Waals surface area contributed by atoms with Crippen molar-refractivity contribution in [2.24, 2.45) is 5.92 Å². The maximum absolute atomic E-state index is 10.6. The molecule has 0 radical (unpaired) electrons. The third-order valence-corrected chi connectivity index (χ3v) is 6.25. The van der Waals surface area contributed by atoms with E-state index in [4.69, 9.17) is 19.4 Å². The second-order valence-electron chi connectivity index (χ2n) is 7.43. The first kappa shape index (κ1) is 21.5. The van der Waals surface area contributed by atoms with Crippen LogP contribution in [-0.2, 0) is 20.8 Å². The van der Waals surface area contributed by atoms with Crippen molar-refractivity contribution in [1.82, 2.24) is 9.88 Å². The molecule has 3 fully saturated rings. The van der Waals surface area contributed by atoms with E-state index in [1.54, 1.807) is 11.3 Å². The number of rotatable bonds is 5. The van der Waals surface area contributed by atoms with Crippen LogP contribution in [0.15, 0.2) is 5.51 Å². The first-order valence-corrected chi connectivity index (χ1v) is 10.3. The molecule has 0 unspecified atom stereocenters. The van der Waals surface area contributed by atoms with E-state index in [1.807, 2.05) is 5.51 Å². The van der Waals surface area contributed by atoms with Gasteiger partial charge in [-0.2, -0.15) is 13.2 Å². The normalized spacial score (nSPS) is 27.8. The van der Waals surface area contributed by atoms with Crippen molar-refractivity contribution in [2.75, 3.05) is 19.8 Å². The van der Waals surface area contributed by atoms with Crippen molar-refractivity contribution in [3.05, 3.63) is 16.1 Å². The topological polar surface area (TPSA) is 71.9 Å². The first-order valence-electron chi connectivity index (χ1n) is 9.42. The lowest BCUT2D eigenvalue weighted by Crippen LogP contribution is -2.51. The zero-order chi connectivity index (χ0) is 20.3. The smallest absolute Gasteiger partial charge is 0.475 e. The molecule has 1 saturated heterocycles. The van der Waals surface area contributed by atoms with Crippen molar-refractivity contribution in [3.63, 3.8) is 0 Å². The Morgan fingerprint density at radius 2 is 2.11 bits per heavy atom. The molecule has 1 aliphatic heterocycles. The highest BCUT2D eigenvalue weighted by molar-refractivity contribution is 7.09. The Morgan fingerprint density at radius 3 is 2.68 bits per heavy atom. The van der Waals surface area contributed by atoms with Gasteiger partial charge < -0.3 is 14.6 Å². The van der Waals surface area contributed by atoms with Crippen LogP contribution in [0.2, 0.25) is 0 Å². The number of aliphatic carboxylic acids is 1. The molecule has 3 aliphatic rings. The molecule has 0 bridgehead atoms. The Hall–Kier alpha value is -1.23. The summed E-state index contributed by atoms with van der Waals surface area (Å²) in [7, 11) is 0. The van der Waals surface area contributed by atoms with Crippen LogP contribution in [0.3, 0.4) is 0 Å². The lowest BCUT2D eigenvalue weighted by atomic mass is 10.1. The molecule has 3 atom stereocenters. The van der Waals surface area contributed by atoms with Crippen LogP contribution < -0.4 is 0 Å². The lowest BCUT2D eigenvalue weighted by Gasteiger charge is -2.38.